The molecule has 2 bridgehead atoms. The molecule has 166 valence electrons. The number of alkyl halides is 1. The first-order chi connectivity index (χ1) is 14.1. The first kappa shape index (κ1) is 22.2. The Hall–Kier alpha value is -1.02. The number of allylic oxidation sites excluding steroid dienone is 1. The minimum absolute atomic E-state index is 0.0607. The van der Waals surface area contributed by atoms with Gasteiger partial charge >= 0.3 is 0 Å². The molecule has 30 heavy (non-hydrogen) atoms. The van der Waals surface area contributed by atoms with E-state index >= 15 is 0 Å². The first-order valence-corrected chi connectivity index (χ1v) is 11.9. The van der Waals surface area contributed by atoms with Crippen LogP contribution in [0.5, 0.6) is 0 Å². The van der Waals surface area contributed by atoms with Gasteiger partial charge in [0, 0.05) is 24.9 Å². The molecule has 0 radical (unpaired) electrons. The number of nitrogens with one attached hydrogen (secondary N) is 1. The van der Waals surface area contributed by atoms with Gasteiger partial charge in [-0.05, 0) is 56.4 Å². The fourth-order valence-corrected chi connectivity index (χ4v) is 7.39. The van der Waals surface area contributed by atoms with Gasteiger partial charge in [0.25, 0.3) is 0 Å². The fraction of sp³-hybridized carbons (Fsp3) is 0.739. The SMILES string of the molecule is C=C1C[C@]23C[C@@]1(O)CC[C@H]2C1=C[C@@H](OC)[C@H](O)[C@@](C)(C(C)=O)C1[C@@H]3C(=O)NCCBr. The second-order valence-corrected chi connectivity index (χ2v) is 10.7. The number of ketones is 1. The number of hydrogen-bond donors (Lipinski definition) is 3. The highest BCUT2D eigenvalue weighted by Crippen LogP contribution is 2.73. The van der Waals surface area contributed by atoms with Crippen molar-refractivity contribution in [3.05, 3.63) is 23.8 Å². The van der Waals surface area contributed by atoms with Crippen LogP contribution in [-0.4, -0.2) is 58.7 Å². The molecule has 4 rings (SSSR count). The zero-order valence-corrected chi connectivity index (χ0v) is 19.5. The molecule has 8 atom stereocenters. The number of amides is 1. The maximum Gasteiger partial charge on any atom is 0.224 e. The third kappa shape index (κ3) is 2.71. The predicted octanol–water partition coefficient (Wildman–Crippen LogP) is 2.13. The van der Waals surface area contributed by atoms with Gasteiger partial charge in [0.15, 0.2) is 0 Å². The number of hydrogen-bond acceptors (Lipinski definition) is 5. The van der Waals surface area contributed by atoms with Gasteiger partial charge in [-0.1, -0.05) is 34.2 Å². The zero-order valence-electron chi connectivity index (χ0n) is 17.9. The van der Waals surface area contributed by atoms with Crippen LogP contribution in [0.3, 0.4) is 0 Å². The van der Waals surface area contributed by atoms with Crippen molar-refractivity contribution in [2.45, 2.75) is 57.3 Å². The lowest BCUT2D eigenvalue weighted by atomic mass is 9.58. The lowest BCUT2D eigenvalue weighted by Gasteiger charge is -2.47. The standard InChI is InChI=1S/C23H32BrNO5/c1-12-10-22-11-23(12,29)6-5-15(22)14-9-16(30-4)19(27)21(3,13(2)26)17(14)18(22)20(28)25-8-7-24/h9,15-19,27,29H,1,5-8,10-11H2,2-4H3,(H,25,28)/t15-,16+,17?,18+,19-,21-,22-,23-/m0/s1. The van der Waals surface area contributed by atoms with Crippen LogP contribution in [0.2, 0.25) is 0 Å². The summed E-state index contributed by atoms with van der Waals surface area (Å²) in [6.07, 6.45) is 2.70. The molecular formula is C23H32BrNO5. The van der Waals surface area contributed by atoms with Crippen LogP contribution < -0.4 is 5.32 Å². The van der Waals surface area contributed by atoms with Crippen molar-refractivity contribution in [3.63, 3.8) is 0 Å². The van der Waals surface area contributed by atoms with E-state index in [9.17, 15) is 19.8 Å². The van der Waals surface area contributed by atoms with Gasteiger partial charge in [0.1, 0.15) is 11.9 Å². The van der Waals surface area contributed by atoms with Crippen LogP contribution in [0.25, 0.3) is 0 Å². The van der Waals surface area contributed by atoms with Gasteiger partial charge in [0.05, 0.1) is 23.0 Å². The summed E-state index contributed by atoms with van der Waals surface area (Å²) in [4.78, 5) is 26.6. The third-order valence-electron chi connectivity index (χ3n) is 8.71. The van der Waals surface area contributed by atoms with Crippen molar-refractivity contribution in [1.82, 2.24) is 5.32 Å². The minimum Gasteiger partial charge on any atom is -0.389 e. The highest BCUT2D eigenvalue weighted by Gasteiger charge is 2.72. The average Bonchev–Trinajstić information content (AvgIpc) is 3.08. The van der Waals surface area contributed by atoms with Gasteiger partial charge in [-0.2, -0.15) is 0 Å². The summed E-state index contributed by atoms with van der Waals surface area (Å²) in [7, 11) is 1.54. The summed E-state index contributed by atoms with van der Waals surface area (Å²) in [6, 6.07) is 0. The maximum absolute atomic E-state index is 13.6. The number of aliphatic hydroxyl groups is 2. The normalized spacial score (nSPS) is 46.8. The lowest BCUT2D eigenvalue weighted by molar-refractivity contribution is -0.152. The number of ether oxygens (including phenoxy) is 1. The largest absolute Gasteiger partial charge is 0.389 e. The van der Waals surface area contributed by atoms with Crippen molar-refractivity contribution < 1.29 is 24.5 Å². The van der Waals surface area contributed by atoms with Crippen molar-refractivity contribution in [3.8, 4) is 0 Å². The fourth-order valence-electron chi connectivity index (χ4n) is 7.19. The highest BCUT2D eigenvalue weighted by atomic mass is 79.9. The van der Waals surface area contributed by atoms with E-state index in [-0.39, 0.29) is 17.6 Å². The van der Waals surface area contributed by atoms with Crippen molar-refractivity contribution in [2.24, 2.45) is 28.6 Å². The monoisotopic (exact) mass is 481 g/mol. The Bertz CT molecular complexity index is 826. The molecule has 1 unspecified atom stereocenters. The van der Waals surface area contributed by atoms with E-state index in [0.29, 0.717) is 31.1 Å². The number of fused-ring (bicyclic) bond motifs is 3. The van der Waals surface area contributed by atoms with Crippen molar-refractivity contribution in [2.75, 3.05) is 19.0 Å². The number of Topliss-reactive ketones (excluding diaryl/α,β-unsaturated/α-hetero) is 1. The second kappa shape index (κ2) is 7.26. The molecular weight excluding hydrogens is 450 g/mol. The quantitative estimate of drug-likeness (QED) is 0.412. The smallest absolute Gasteiger partial charge is 0.224 e. The Morgan fingerprint density at radius 3 is 2.73 bits per heavy atom. The molecule has 0 saturated heterocycles. The van der Waals surface area contributed by atoms with E-state index in [1.165, 1.54) is 14.0 Å². The van der Waals surface area contributed by atoms with Crippen LogP contribution in [-0.2, 0) is 14.3 Å². The van der Waals surface area contributed by atoms with Crippen LogP contribution in [0.15, 0.2) is 23.8 Å². The summed E-state index contributed by atoms with van der Waals surface area (Å²) in [5.41, 5.74) is -0.757. The first-order valence-electron chi connectivity index (χ1n) is 10.7. The van der Waals surface area contributed by atoms with E-state index in [4.69, 9.17) is 4.74 Å². The minimum atomic E-state index is -1.14. The molecule has 4 aliphatic carbocycles. The molecule has 0 aliphatic heterocycles. The molecule has 3 fully saturated rings. The van der Waals surface area contributed by atoms with Gasteiger partial charge in [0.2, 0.25) is 5.91 Å². The molecule has 3 saturated carbocycles. The number of carbonyl (C=O) groups is 2. The Labute approximate surface area is 186 Å². The van der Waals surface area contributed by atoms with E-state index in [1.807, 2.05) is 6.08 Å². The molecule has 1 amide bonds. The summed E-state index contributed by atoms with van der Waals surface area (Å²) >= 11 is 3.36. The number of halogens is 1. The molecule has 0 aromatic heterocycles. The second-order valence-electron chi connectivity index (χ2n) is 9.90. The van der Waals surface area contributed by atoms with Gasteiger partial charge in [-0.25, -0.2) is 0 Å². The highest BCUT2D eigenvalue weighted by molar-refractivity contribution is 9.09. The molecule has 1 spiro atoms. The Balaban J connectivity index is 1.92. The van der Waals surface area contributed by atoms with Gasteiger partial charge in [-0.15, -0.1) is 0 Å². The van der Waals surface area contributed by atoms with Crippen LogP contribution in [0.4, 0.5) is 0 Å². The van der Waals surface area contributed by atoms with Crippen LogP contribution in [0, 0.1) is 28.6 Å². The van der Waals surface area contributed by atoms with Crippen LogP contribution in [0.1, 0.15) is 39.5 Å². The molecule has 0 aromatic rings. The maximum atomic E-state index is 13.6. The van der Waals surface area contributed by atoms with E-state index in [0.717, 1.165) is 17.6 Å². The number of carbonyl (C=O) groups excluding carboxylic acids is 2. The summed E-state index contributed by atoms with van der Waals surface area (Å²) in [6.45, 7) is 7.92. The molecule has 6 nitrogen and oxygen atoms in total. The summed E-state index contributed by atoms with van der Waals surface area (Å²) < 4.78 is 5.56. The van der Waals surface area contributed by atoms with Gasteiger partial charge in [-0.3, -0.25) is 9.59 Å². The van der Waals surface area contributed by atoms with Crippen molar-refractivity contribution in [1.29, 1.82) is 0 Å². The van der Waals surface area contributed by atoms with Crippen LogP contribution >= 0.6 is 15.9 Å². The third-order valence-corrected chi connectivity index (χ3v) is 9.11. The molecule has 0 heterocycles. The predicted molar refractivity (Wildman–Crippen MR) is 116 cm³/mol. The topological polar surface area (TPSA) is 95.9 Å². The number of methoxy groups -OCH3 is 1. The molecule has 7 heteroatoms. The lowest BCUT2D eigenvalue weighted by Crippen LogP contribution is -2.57. The van der Waals surface area contributed by atoms with Crippen molar-refractivity contribution >= 4 is 27.6 Å². The Morgan fingerprint density at radius 1 is 1.43 bits per heavy atom. The Morgan fingerprint density at radius 2 is 2.13 bits per heavy atom. The summed E-state index contributed by atoms with van der Waals surface area (Å²) in [5, 5.41) is 26.1. The van der Waals surface area contributed by atoms with E-state index in [2.05, 4.69) is 27.8 Å². The van der Waals surface area contributed by atoms with E-state index in [1.54, 1.807) is 6.92 Å². The molecule has 4 aliphatic rings. The van der Waals surface area contributed by atoms with E-state index < -0.39 is 40.5 Å². The average molecular weight is 482 g/mol. The summed E-state index contributed by atoms with van der Waals surface area (Å²) in [5.74, 6) is -1.13. The number of rotatable bonds is 5. The molecule has 3 N–H and O–H groups in total. The van der Waals surface area contributed by atoms with Gasteiger partial charge < -0.3 is 20.3 Å². The zero-order chi connectivity index (χ0) is 22.1. The molecule has 0 aromatic carbocycles. The Kier molecular flexibility index (Phi) is 5.37. The number of aliphatic hydroxyl groups excluding tert-OH is 1.